The Hall–Kier alpha value is -1.36. The zero-order valence-corrected chi connectivity index (χ0v) is 12.1. The molecular formula is C15H24N4O. The predicted octanol–water partition coefficient (Wildman–Crippen LogP) is 1.51. The minimum absolute atomic E-state index is 0.130. The third kappa shape index (κ3) is 2.87. The van der Waals surface area contributed by atoms with Crippen LogP contribution in [-0.2, 0) is 17.8 Å². The fraction of sp³-hybridized carbons (Fsp3) is 0.733. The first-order valence-corrected chi connectivity index (χ1v) is 7.81. The molecule has 110 valence electrons. The number of carbonyl (C=O) groups is 1. The number of aromatic amines is 1. The largest absolute Gasteiger partial charge is 0.352 e. The van der Waals surface area contributed by atoms with Gasteiger partial charge in [-0.2, -0.15) is 0 Å². The van der Waals surface area contributed by atoms with Crippen molar-refractivity contribution in [3.8, 4) is 0 Å². The molecule has 3 rings (SSSR count). The molecule has 1 fully saturated rings. The number of imidazole rings is 1. The number of hydrogen-bond acceptors (Lipinski definition) is 3. The Bertz CT molecular complexity index is 462. The number of rotatable bonds is 3. The second-order valence-corrected chi connectivity index (χ2v) is 6.10. The molecule has 0 radical (unpaired) electrons. The lowest BCUT2D eigenvalue weighted by atomic mass is 9.84. The zero-order valence-electron chi connectivity index (χ0n) is 12.1. The molecule has 2 heterocycles. The van der Waals surface area contributed by atoms with E-state index < -0.39 is 0 Å². The van der Waals surface area contributed by atoms with Gasteiger partial charge in [-0.25, -0.2) is 4.98 Å². The van der Waals surface area contributed by atoms with Crippen molar-refractivity contribution in [2.75, 3.05) is 0 Å². The molecule has 3 N–H and O–H groups in total. The summed E-state index contributed by atoms with van der Waals surface area (Å²) in [6.07, 6.45) is 8.43. The van der Waals surface area contributed by atoms with Crippen molar-refractivity contribution in [3.05, 3.63) is 17.7 Å². The molecule has 1 aromatic rings. The highest BCUT2D eigenvalue weighted by Gasteiger charge is 2.28. The van der Waals surface area contributed by atoms with Crippen LogP contribution < -0.4 is 10.6 Å². The first-order valence-electron chi connectivity index (χ1n) is 7.81. The molecule has 0 saturated heterocycles. The van der Waals surface area contributed by atoms with E-state index in [0.717, 1.165) is 30.1 Å². The molecule has 1 saturated carbocycles. The van der Waals surface area contributed by atoms with Crippen LogP contribution >= 0.6 is 0 Å². The van der Waals surface area contributed by atoms with Crippen molar-refractivity contribution >= 4 is 5.91 Å². The van der Waals surface area contributed by atoms with Gasteiger partial charge in [-0.3, -0.25) is 10.1 Å². The number of H-pyrrole nitrogens is 1. The van der Waals surface area contributed by atoms with Crippen molar-refractivity contribution in [2.24, 2.45) is 5.92 Å². The average Bonchev–Trinajstić information content (AvgIpc) is 2.95. The molecule has 0 aromatic carbocycles. The third-order valence-corrected chi connectivity index (χ3v) is 4.82. The van der Waals surface area contributed by atoms with Crippen molar-refractivity contribution in [1.29, 1.82) is 0 Å². The molecule has 5 heteroatoms. The highest BCUT2D eigenvalue weighted by molar-refractivity contribution is 5.82. The molecule has 1 atom stereocenters. The van der Waals surface area contributed by atoms with Crippen LogP contribution in [-0.4, -0.2) is 28.0 Å². The molecule has 1 amide bonds. The van der Waals surface area contributed by atoms with Gasteiger partial charge in [-0.15, -0.1) is 0 Å². The zero-order chi connectivity index (χ0) is 13.9. The van der Waals surface area contributed by atoms with Gasteiger partial charge in [0.25, 0.3) is 0 Å². The van der Waals surface area contributed by atoms with Crippen LogP contribution in [0.2, 0.25) is 0 Å². The van der Waals surface area contributed by atoms with Gasteiger partial charge in [0.05, 0.1) is 23.8 Å². The number of amides is 1. The van der Waals surface area contributed by atoms with E-state index in [4.69, 9.17) is 0 Å². The van der Waals surface area contributed by atoms with Crippen molar-refractivity contribution in [3.63, 3.8) is 0 Å². The van der Waals surface area contributed by atoms with Crippen LogP contribution in [0.5, 0.6) is 0 Å². The summed E-state index contributed by atoms with van der Waals surface area (Å²) >= 11 is 0. The van der Waals surface area contributed by atoms with Gasteiger partial charge in [-0.1, -0.05) is 13.3 Å². The third-order valence-electron chi connectivity index (χ3n) is 4.82. The van der Waals surface area contributed by atoms with Crippen LogP contribution in [0.25, 0.3) is 0 Å². The Morgan fingerprint density at radius 1 is 1.40 bits per heavy atom. The van der Waals surface area contributed by atoms with E-state index in [2.05, 4.69) is 27.5 Å². The lowest BCUT2D eigenvalue weighted by Gasteiger charge is -2.30. The van der Waals surface area contributed by atoms with Crippen LogP contribution in [0.3, 0.4) is 0 Å². The summed E-state index contributed by atoms with van der Waals surface area (Å²) < 4.78 is 0. The summed E-state index contributed by atoms with van der Waals surface area (Å²) in [5.74, 6) is 1.00. The van der Waals surface area contributed by atoms with Gasteiger partial charge >= 0.3 is 0 Å². The number of nitrogens with one attached hydrogen (secondary N) is 3. The van der Waals surface area contributed by atoms with Gasteiger partial charge < -0.3 is 10.3 Å². The topological polar surface area (TPSA) is 69.8 Å². The minimum atomic E-state index is -0.130. The molecule has 1 unspecified atom stereocenters. The second-order valence-electron chi connectivity index (χ2n) is 6.10. The highest BCUT2D eigenvalue weighted by Crippen LogP contribution is 2.26. The summed E-state index contributed by atoms with van der Waals surface area (Å²) in [5, 5.41) is 6.50. The standard InChI is InChI=1S/C15H24N4O/c1-2-10-3-5-11(6-4-10)19-15(20)13-7-12-14(8-16-13)18-9-17-12/h9-11,13,16H,2-8H2,1H3,(H,17,18)(H,19,20). The maximum absolute atomic E-state index is 12.3. The molecule has 0 spiro atoms. The van der Waals surface area contributed by atoms with Crippen LogP contribution in [0.1, 0.15) is 50.4 Å². The van der Waals surface area contributed by atoms with E-state index in [1.54, 1.807) is 6.33 Å². The number of hydrogen-bond donors (Lipinski definition) is 3. The Labute approximate surface area is 119 Å². The summed E-state index contributed by atoms with van der Waals surface area (Å²) in [5.41, 5.74) is 2.14. The second kappa shape index (κ2) is 5.95. The Kier molecular flexibility index (Phi) is 4.05. The SMILES string of the molecule is CCC1CCC(NC(=O)C2Cc3nc[nH]c3CN2)CC1. The number of carbonyl (C=O) groups excluding carboxylic acids is 1. The molecule has 5 nitrogen and oxygen atoms in total. The molecular weight excluding hydrogens is 252 g/mol. The van der Waals surface area contributed by atoms with E-state index in [9.17, 15) is 4.79 Å². The fourth-order valence-electron chi connectivity index (χ4n) is 3.37. The minimum Gasteiger partial charge on any atom is -0.352 e. The van der Waals surface area contributed by atoms with Crippen LogP contribution in [0, 0.1) is 5.92 Å². The summed E-state index contributed by atoms with van der Waals surface area (Å²) in [6, 6.07) is 0.238. The van der Waals surface area contributed by atoms with Crippen molar-refractivity contribution in [1.82, 2.24) is 20.6 Å². The number of fused-ring (bicyclic) bond motifs is 1. The molecule has 1 aliphatic carbocycles. The van der Waals surface area contributed by atoms with E-state index in [1.165, 1.54) is 19.3 Å². The Balaban J connectivity index is 1.51. The van der Waals surface area contributed by atoms with Crippen molar-refractivity contribution in [2.45, 2.75) is 64.1 Å². The molecule has 0 bridgehead atoms. The van der Waals surface area contributed by atoms with Gasteiger partial charge in [-0.05, 0) is 31.6 Å². The van der Waals surface area contributed by atoms with Gasteiger partial charge in [0.2, 0.25) is 5.91 Å². The van der Waals surface area contributed by atoms with Crippen LogP contribution in [0.15, 0.2) is 6.33 Å². The summed E-state index contributed by atoms with van der Waals surface area (Å²) in [6.45, 7) is 2.97. The Morgan fingerprint density at radius 2 is 2.20 bits per heavy atom. The first kappa shape index (κ1) is 13.6. The maximum Gasteiger partial charge on any atom is 0.237 e. The molecule has 1 aliphatic heterocycles. The van der Waals surface area contributed by atoms with E-state index in [0.29, 0.717) is 19.0 Å². The van der Waals surface area contributed by atoms with Crippen LogP contribution in [0.4, 0.5) is 0 Å². The predicted molar refractivity (Wildman–Crippen MR) is 77.1 cm³/mol. The molecule has 20 heavy (non-hydrogen) atoms. The average molecular weight is 276 g/mol. The van der Waals surface area contributed by atoms with Gasteiger partial charge in [0.1, 0.15) is 0 Å². The first-order chi connectivity index (χ1) is 9.76. The lowest BCUT2D eigenvalue weighted by Crippen LogP contribution is -2.51. The normalized spacial score (nSPS) is 29.8. The van der Waals surface area contributed by atoms with Gasteiger partial charge in [0, 0.05) is 19.0 Å². The monoisotopic (exact) mass is 276 g/mol. The highest BCUT2D eigenvalue weighted by atomic mass is 16.2. The number of nitrogens with zero attached hydrogens (tertiary/aromatic N) is 1. The van der Waals surface area contributed by atoms with Crippen molar-refractivity contribution < 1.29 is 4.79 Å². The van der Waals surface area contributed by atoms with Gasteiger partial charge in [0.15, 0.2) is 0 Å². The van der Waals surface area contributed by atoms with E-state index >= 15 is 0 Å². The molecule has 2 aliphatic rings. The summed E-state index contributed by atoms with van der Waals surface area (Å²) in [7, 11) is 0. The summed E-state index contributed by atoms with van der Waals surface area (Å²) in [4.78, 5) is 19.7. The quantitative estimate of drug-likeness (QED) is 0.784. The van der Waals surface area contributed by atoms with E-state index in [-0.39, 0.29) is 11.9 Å². The maximum atomic E-state index is 12.3. The number of aromatic nitrogens is 2. The molecule has 1 aromatic heterocycles. The van der Waals surface area contributed by atoms with E-state index in [1.807, 2.05) is 0 Å². The Morgan fingerprint density at radius 3 is 2.95 bits per heavy atom. The lowest BCUT2D eigenvalue weighted by molar-refractivity contribution is -0.124. The fourth-order valence-corrected chi connectivity index (χ4v) is 3.37. The smallest absolute Gasteiger partial charge is 0.237 e.